The first-order valence-corrected chi connectivity index (χ1v) is 9.11. The van der Waals surface area contributed by atoms with Crippen LogP contribution in [0, 0.1) is 0 Å². The van der Waals surface area contributed by atoms with Gasteiger partial charge in [-0.15, -0.1) is 12.4 Å². The van der Waals surface area contributed by atoms with Gasteiger partial charge in [0.2, 0.25) is 0 Å². The summed E-state index contributed by atoms with van der Waals surface area (Å²) in [5.41, 5.74) is 6.68. The molecule has 0 saturated heterocycles. The van der Waals surface area contributed by atoms with Gasteiger partial charge in [0.25, 0.3) is 0 Å². The molecule has 28 heavy (non-hydrogen) atoms. The lowest BCUT2D eigenvalue weighted by Gasteiger charge is -2.30. The Morgan fingerprint density at radius 1 is 1.39 bits per heavy atom. The van der Waals surface area contributed by atoms with Crippen molar-refractivity contribution in [3.63, 3.8) is 0 Å². The fourth-order valence-electron chi connectivity index (χ4n) is 3.34. The summed E-state index contributed by atoms with van der Waals surface area (Å²) in [6.45, 7) is 0. The highest BCUT2D eigenvalue weighted by molar-refractivity contribution is 6.30. The molecule has 3 rings (SSSR count). The van der Waals surface area contributed by atoms with Gasteiger partial charge in [0.1, 0.15) is 23.7 Å². The molecule has 0 aliphatic heterocycles. The standard InChI is InChI=1S/C18H23ClN4O4.ClH/c1-26-15-6-4-11(19)8-13(15)23-18(10-3-5-14(24)12(20)7-10)21-16(22-23)9-17(25)27-2;/h4,6,8,10,12,14,24H,3,5,7,9,20H2,1-2H3;1H/t10-,12+,14+;/m0./s1. The molecule has 0 bridgehead atoms. The van der Waals surface area contributed by atoms with Crippen LogP contribution in [0.2, 0.25) is 5.02 Å². The zero-order chi connectivity index (χ0) is 19.6. The van der Waals surface area contributed by atoms with Crippen molar-refractivity contribution in [3.05, 3.63) is 34.9 Å². The number of nitrogens with two attached hydrogens (primary N) is 1. The van der Waals surface area contributed by atoms with E-state index in [1.165, 1.54) is 7.11 Å². The van der Waals surface area contributed by atoms with Gasteiger partial charge in [-0.1, -0.05) is 11.6 Å². The second kappa shape index (κ2) is 9.56. The number of aromatic nitrogens is 3. The molecule has 10 heteroatoms. The number of aliphatic hydroxyl groups excluding tert-OH is 1. The van der Waals surface area contributed by atoms with E-state index < -0.39 is 12.1 Å². The lowest BCUT2D eigenvalue weighted by molar-refractivity contribution is -0.139. The maximum Gasteiger partial charge on any atom is 0.313 e. The van der Waals surface area contributed by atoms with Gasteiger partial charge in [-0.25, -0.2) is 9.67 Å². The van der Waals surface area contributed by atoms with E-state index in [1.807, 2.05) is 0 Å². The smallest absolute Gasteiger partial charge is 0.313 e. The van der Waals surface area contributed by atoms with E-state index in [9.17, 15) is 9.90 Å². The van der Waals surface area contributed by atoms with Crippen LogP contribution in [0.15, 0.2) is 18.2 Å². The molecule has 1 aliphatic rings. The van der Waals surface area contributed by atoms with Gasteiger partial charge < -0.3 is 20.3 Å². The van der Waals surface area contributed by atoms with Gasteiger partial charge in [0.05, 0.1) is 20.3 Å². The molecule has 1 heterocycles. The molecule has 3 atom stereocenters. The van der Waals surface area contributed by atoms with Crippen LogP contribution in [-0.4, -0.2) is 52.2 Å². The van der Waals surface area contributed by atoms with Crippen LogP contribution >= 0.6 is 24.0 Å². The highest BCUT2D eigenvalue weighted by Crippen LogP contribution is 2.35. The molecule has 1 fully saturated rings. The Balaban J connectivity index is 0.00000280. The van der Waals surface area contributed by atoms with E-state index in [-0.39, 0.29) is 30.8 Å². The average Bonchev–Trinajstić information content (AvgIpc) is 3.07. The first kappa shape index (κ1) is 22.4. The Hall–Kier alpha value is -1.87. The van der Waals surface area contributed by atoms with Crippen LogP contribution in [0.5, 0.6) is 5.75 Å². The van der Waals surface area contributed by atoms with E-state index in [1.54, 1.807) is 30.0 Å². The molecule has 3 N–H and O–H groups in total. The van der Waals surface area contributed by atoms with Crippen molar-refractivity contribution in [2.75, 3.05) is 14.2 Å². The van der Waals surface area contributed by atoms with Gasteiger partial charge in [0, 0.05) is 17.0 Å². The molecule has 154 valence electrons. The zero-order valence-corrected chi connectivity index (χ0v) is 17.2. The van der Waals surface area contributed by atoms with Crippen LogP contribution in [0.25, 0.3) is 5.69 Å². The van der Waals surface area contributed by atoms with Crippen LogP contribution in [0.4, 0.5) is 0 Å². The molecule has 1 saturated carbocycles. The maximum atomic E-state index is 11.7. The summed E-state index contributed by atoms with van der Waals surface area (Å²) >= 11 is 6.17. The van der Waals surface area contributed by atoms with Crippen LogP contribution in [0.1, 0.15) is 36.8 Å². The first-order chi connectivity index (χ1) is 12.9. The van der Waals surface area contributed by atoms with Crippen LogP contribution < -0.4 is 10.5 Å². The summed E-state index contributed by atoms with van der Waals surface area (Å²) in [4.78, 5) is 16.3. The second-order valence-electron chi connectivity index (χ2n) is 6.61. The van der Waals surface area contributed by atoms with Crippen molar-refractivity contribution in [2.45, 2.75) is 43.7 Å². The fourth-order valence-corrected chi connectivity index (χ4v) is 3.51. The lowest BCUT2D eigenvalue weighted by Crippen LogP contribution is -2.40. The predicted octanol–water partition coefficient (Wildman–Crippen LogP) is 2.02. The largest absolute Gasteiger partial charge is 0.494 e. The van der Waals surface area contributed by atoms with Crippen LogP contribution in [-0.2, 0) is 16.0 Å². The minimum atomic E-state index is -0.520. The highest BCUT2D eigenvalue weighted by Gasteiger charge is 2.32. The number of rotatable bonds is 5. The van der Waals surface area contributed by atoms with E-state index >= 15 is 0 Å². The van der Waals surface area contributed by atoms with Crippen LogP contribution in [0.3, 0.4) is 0 Å². The van der Waals surface area contributed by atoms with Gasteiger partial charge in [-0.3, -0.25) is 4.79 Å². The third-order valence-corrected chi connectivity index (χ3v) is 5.04. The Morgan fingerprint density at radius 2 is 2.14 bits per heavy atom. The molecular weight excluding hydrogens is 407 g/mol. The molecule has 1 aliphatic carbocycles. The summed E-state index contributed by atoms with van der Waals surface area (Å²) in [6, 6.07) is 4.87. The number of benzene rings is 1. The topological polar surface area (TPSA) is 112 Å². The Bertz CT molecular complexity index is 830. The zero-order valence-electron chi connectivity index (χ0n) is 15.7. The molecule has 1 aromatic carbocycles. The molecular formula is C18H24Cl2N4O4. The molecule has 2 aromatic rings. The minimum absolute atomic E-state index is 0. The summed E-state index contributed by atoms with van der Waals surface area (Å²) in [5, 5.41) is 15.0. The number of halogens is 2. The van der Waals surface area contributed by atoms with Gasteiger partial charge >= 0.3 is 5.97 Å². The summed E-state index contributed by atoms with van der Waals surface area (Å²) < 4.78 is 11.8. The first-order valence-electron chi connectivity index (χ1n) is 8.73. The highest BCUT2D eigenvalue weighted by atomic mass is 35.5. The number of methoxy groups -OCH3 is 2. The summed E-state index contributed by atoms with van der Waals surface area (Å²) in [5.74, 6) is 1.16. The quantitative estimate of drug-likeness (QED) is 0.697. The molecule has 0 amide bonds. The van der Waals surface area contributed by atoms with Crippen molar-refractivity contribution in [1.82, 2.24) is 14.8 Å². The van der Waals surface area contributed by atoms with Crippen molar-refractivity contribution >= 4 is 30.0 Å². The normalized spacial score (nSPS) is 21.7. The van der Waals surface area contributed by atoms with Crippen molar-refractivity contribution in [2.24, 2.45) is 5.73 Å². The predicted molar refractivity (Wildman–Crippen MR) is 106 cm³/mol. The van der Waals surface area contributed by atoms with Gasteiger partial charge in [-0.2, -0.15) is 5.10 Å². The molecule has 0 spiro atoms. The summed E-state index contributed by atoms with van der Waals surface area (Å²) in [6.07, 6.45) is 1.31. The van der Waals surface area contributed by atoms with E-state index in [0.717, 1.165) is 0 Å². The maximum absolute atomic E-state index is 11.7. The number of ether oxygens (including phenoxy) is 2. The van der Waals surface area contributed by atoms with Crippen molar-refractivity contribution in [3.8, 4) is 11.4 Å². The fraction of sp³-hybridized carbons (Fsp3) is 0.500. The van der Waals surface area contributed by atoms with E-state index in [4.69, 9.17) is 26.8 Å². The lowest BCUT2D eigenvalue weighted by atomic mass is 9.83. The number of aliphatic hydroxyl groups is 1. The van der Waals surface area contributed by atoms with Gasteiger partial charge in [0.15, 0.2) is 5.82 Å². The minimum Gasteiger partial charge on any atom is -0.494 e. The SMILES string of the molecule is COC(=O)Cc1nc([C@H]2CC[C@@H](O)[C@H](N)C2)n(-c2cc(Cl)ccc2OC)n1.Cl. The number of nitrogens with zero attached hydrogens (tertiary/aromatic N) is 3. The third-order valence-electron chi connectivity index (χ3n) is 4.80. The monoisotopic (exact) mass is 430 g/mol. The second-order valence-corrected chi connectivity index (χ2v) is 7.04. The summed E-state index contributed by atoms with van der Waals surface area (Å²) in [7, 11) is 2.88. The van der Waals surface area contributed by atoms with Crippen molar-refractivity contribution < 1.29 is 19.4 Å². The van der Waals surface area contributed by atoms with Crippen molar-refractivity contribution in [1.29, 1.82) is 0 Å². The number of hydrogen-bond acceptors (Lipinski definition) is 7. The Kier molecular flexibility index (Phi) is 7.65. The molecule has 0 radical (unpaired) electrons. The Labute approximate surface area is 174 Å². The molecule has 8 nitrogen and oxygen atoms in total. The third kappa shape index (κ3) is 4.75. The molecule has 0 unspecified atom stereocenters. The van der Waals surface area contributed by atoms with Gasteiger partial charge in [-0.05, 0) is 37.5 Å². The number of carbonyl (C=O) groups excluding carboxylic acids is 1. The number of esters is 1. The Morgan fingerprint density at radius 3 is 2.79 bits per heavy atom. The number of carbonyl (C=O) groups is 1. The van der Waals surface area contributed by atoms with E-state index in [2.05, 4.69) is 10.1 Å². The van der Waals surface area contributed by atoms with E-state index in [0.29, 0.717) is 47.4 Å². The average molecular weight is 431 g/mol. The molecule has 1 aromatic heterocycles. The number of hydrogen-bond donors (Lipinski definition) is 2.